The number of nitrogens with zero attached hydrogens (tertiary/aromatic N) is 1. The highest BCUT2D eigenvalue weighted by Crippen LogP contribution is 2.28. The molecule has 0 bridgehead atoms. The highest BCUT2D eigenvalue weighted by molar-refractivity contribution is 7.99. The monoisotopic (exact) mass is 412 g/mol. The van der Waals surface area contributed by atoms with Crippen molar-refractivity contribution in [2.75, 3.05) is 38.2 Å². The molecule has 2 heterocycles. The Hall–Kier alpha value is -1.09. The van der Waals surface area contributed by atoms with Gasteiger partial charge in [0.1, 0.15) is 0 Å². The average Bonchev–Trinajstić information content (AvgIpc) is 3.18. The van der Waals surface area contributed by atoms with Crippen LogP contribution in [0, 0.1) is 5.92 Å². The van der Waals surface area contributed by atoms with Crippen molar-refractivity contribution < 1.29 is 17.9 Å². The van der Waals surface area contributed by atoms with E-state index in [2.05, 4.69) is 4.72 Å². The number of thioether (sulfide) groups is 1. The van der Waals surface area contributed by atoms with Gasteiger partial charge in [0, 0.05) is 36.9 Å². The largest absolute Gasteiger partial charge is 0.377 e. The van der Waals surface area contributed by atoms with E-state index in [1.165, 1.54) is 6.26 Å². The molecule has 2 saturated heterocycles. The Morgan fingerprint density at radius 2 is 2.11 bits per heavy atom. The Bertz CT molecular complexity index is 748. The molecule has 27 heavy (non-hydrogen) atoms. The Labute approximate surface area is 166 Å². The van der Waals surface area contributed by atoms with Gasteiger partial charge in [0.05, 0.1) is 17.9 Å². The Morgan fingerprint density at radius 3 is 2.85 bits per heavy atom. The molecule has 6 nitrogen and oxygen atoms in total. The minimum Gasteiger partial charge on any atom is -0.377 e. The lowest BCUT2D eigenvalue weighted by Crippen LogP contribution is -2.43. The summed E-state index contributed by atoms with van der Waals surface area (Å²) in [6, 6.07) is 7.75. The van der Waals surface area contributed by atoms with Crippen molar-refractivity contribution in [1.29, 1.82) is 0 Å². The molecule has 0 aliphatic carbocycles. The first-order chi connectivity index (χ1) is 12.9. The van der Waals surface area contributed by atoms with Crippen molar-refractivity contribution >= 4 is 27.7 Å². The molecule has 1 aromatic carbocycles. The number of carbonyl (C=O) groups excluding carboxylic acids is 1. The Balaban J connectivity index is 1.62. The maximum atomic E-state index is 13.1. The van der Waals surface area contributed by atoms with Gasteiger partial charge in [0.2, 0.25) is 10.0 Å². The summed E-state index contributed by atoms with van der Waals surface area (Å²) in [5.74, 6) is 1.06. The second-order valence-corrected chi connectivity index (χ2v) is 10.2. The zero-order valence-corrected chi connectivity index (χ0v) is 17.4. The number of likely N-dealkylation sites (tertiary alicyclic amines) is 1. The van der Waals surface area contributed by atoms with E-state index in [0.717, 1.165) is 55.0 Å². The highest BCUT2D eigenvalue weighted by atomic mass is 32.2. The van der Waals surface area contributed by atoms with Crippen LogP contribution in [0.3, 0.4) is 0 Å². The van der Waals surface area contributed by atoms with Crippen molar-refractivity contribution in [1.82, 2.24) is 9.62 Å². The number of hydrogen-bond acceptors (Lipinski definition) is 5. The second kappa shape index (κ2) is 9.41. The first kappa shape index (κ1) is 20.6. The van der Waals surface area contributed by atoms with Gasteiger partial charge in [-0.15, -0.1) is 11.8 Å². The Kier molecular flexibility index (Phi) is 7.19. The van der Waals surface area contributed by atoms with Crippen LogP contribution in [0.2, 0.25) is 0 Å². The van der Waals surface area contributed by atoms with Crippen LogP contribution in [0.15, 0.2) is 29.2 Å². The summed E-state index contributed by atoms with van der Waals surface area (Å²) in [5, 5.41) is 0. The molecule has 0 saturated carbocycles. The SMILES string of the molecule is CS(=O)(=O)NCC1CCCN(C(=O)c2ccccc2SCC2CCCO2)C1. The third-order valence-electron chi connectivity index (χ3n) is 5.01. The number of nitrogens with one attached hydrogen (secondary N) is 1. The van der Waals surface area contributed by atoms with Gasteiger partial charge in [-0.05, 0) is 43.7 Å². The highest BCUT2D eigenvalue weighted by Gasteiger charge is 2.26. The molecule has 2 atom stereocenters. The topological polar surface area (TPSA) is 75.7 Å². The molecular formula is C19H28N2O4S2. The zero-order valence-electron chi connectivity index (χ0n) is 15.7. The fourth-order valence-corrected chi connectivity index (χ4v) is 5.24. The van der Waals surface area contributed by atoms with E-state index in [1.54, 1.807) is 11.8 Å². The van der Waals surface area contributed by atoms with E-state index in [0.29, 0.717) is 13.1 Å². The van der Waals surface area contributed by atoms with Gasteiger partial charge in [-0.25, -0.2) is 13.1 Å². The smallest absolute Gasteiger partial charge is 0.254 e. The normalized spacial score (nSPS) is 23.5. The molecular weight excluding hydrogens is 384 g/mol. The molecule has 150 valence electrons. The first-order valence-electron chi connectivity index (χ1n) is 9.50. The molecule has 0 spiro atoms. The minimum absolute atomic E-state index is 0.0366. The van der Waals surface area contributed by atoms with Gasteiger partial charge in [-0.1, -0.05) is 12.1 Å². The van der Waals surface area contributed by atoms with Crippen LogP contribution >= 0.6 is 11.8 Å². The number of carbonyl (C=O) groups is 1. The molecule has 1 N–H and O–H groups in total. The van der Waals surface area contributed by atoms with E-state index >= 15 is 0 Å². The lowest BCUT2D eigenvalue weighted by atomic mass is 9.97. The van der Waals surface area contributed by atoms with Gasteiger partial charge in [0.15, 0.2) is 0 Å². The lowest BCUT2D eigenvalue weighted by Gasteiger charge is -2.33. The van der Waals surface area contributed by atoms with Crippen LogP contribution in [-0.2, 0) is 14.8 Å². The summed E-state index contributed by atoms with van der Waals surface area (Å²) in [4.78, 5) is 16.0. The van der Waals surface area contributed by atoms with E-state index in [4.69, 9.17) is 4.74 Å². The number of ether oxygens (including phenoxy) is 1. The number of piperidine rings is 1. The number of benzene rings is 1. The molecule has 2 aliphatic heterocycles. The summed E-state index contributed by atoms with van der Waals surface area (Å²) in [6.07, 6.45) is 5.47. The van der Waals surface area contributed by atoms with E-state index in [-0.39, 0.29) is 17.9 Å². The third kappa shape index (κ3) is 6.20. The predicted molar refractivity (Wildman–Crippen MR) is 108 cm³/mol. The van der Waals surface area contributed by atoms with Gasteiger partial charge < -0.3 is 9.64 Å². The summed E-state index contributed by atoms with van der Waals surface area (Å²) >= 11 is 1.69. The van der Waals surface area contributed by atoms with Crippen LogP contribution in [0.4, 0.5) is 0 Å². The lowest BCUT2D eigenvalue weighted by molar-refractivity contribution is 0.0673. The van der Waals surface area contributed by atoms with Gasteiger partial charge in [-0.3, -0.25) is 4.79 Å². The van der Waals surface area contributed by atoms with Crippen LogP contribution < -0.4 is 4.72 Å². The van der Waals surface area contributed by atoms with Gasteiger partial charge >= 0.3 is 0 Å². The number of amides is 1. The maximum Gasteiger partial charge on any atom is 0.254 e. The fourth-order valence-electron chi connectivity index (χ4n) is 3.58. The van der Waals surface area contributed by atoms with Crippen LogP contribution in [-0.4, -0.2) is 63.6 Å². The molecule has 2 aliphatic rings. The Morgan fingerprint density at radius 1 is 1.30 bits per heavy atom. The first-order valence-corrected chi connectivity index (χ1v) is 12.4. The van der Waals surface area contributed by atoms with Crippen molar-refractivity contribution in [3.63, 3.8) is 0 Å². The quantitative estimate of drug-likeness (QED) is 0.696. The third-order valence-corrected chi connectivity index (χ3v) is 6.90. The van der Waals surface area contributed by atoms with E-state index in [9.17, 15) is 13.2 Å². The van der Waals surface area contributed by atoms with Crippen molar-refractivity contribution in [3.05, 3.63) is 29.8 Å². The predicted octanol–water partition coefficient (Wildman–Crippen LogP) is 2.36. The molecule has 2 unspecified atom stereocenters. The molecule has 0 radical (unpaired) electrons. The van der Waals surface area contributed by atoms with Crippen LogP contribution in [0.25, 0.3) is 0 Å². The summed E-state index contributed by atoms with van der Waals surface area (Å²) < 4.78 is 30.9. The number of hydrogen-bond donors (Lipinski definition) is 1. The van der Waals surface area contributed by atoms with Crippen molar-refractivity contribution in [2.24, 2.45) is 5.92 Å². The van der Waals surface area contributed by atoms with E-state index in [1.807, 2.05) is 29.2 Å². The number of rotatable bonds is 7. The molecule has 1 aromatic rings. The maximum absolute atomic E-state index is 13.1. The minimum atomic E-state index is -3.20. The molecule has 1 amide bonds. The summed E-state index contributed by atoms with van der Waals surface area (Å²) in [7, 11) is -3.20. The average molecular weight is 413 g/mol. The van der Waals surface area contributed by atoms with Gasteiger partial charge in [-0.2, -0.15) is 0 Å². The number of sulfonamides is 1. The fraction of sp³-hybridized carbons (Fsp3) is 0.632. The standard InChI is InChI=1S/C19H28N2O4S2/c1-27(23,24)20-12-15-6-4-10-21(13-15)19(22)17-8-2-3-9-18(17)26-14-16-7-5-11-25-16/h2-3,8-9,15-16,20H,4-7,10-14H2,1H3. The molecule has 3 rings (SSSR count). The summed E-state index contributed by atoms with van der Waals surface area (Å²) in [5.41, 5.74) is 0.734. The molecule has 2 fully saturated rings. The molecule has 8 heteroatoms. The zero-order chi connectivity index (χ0) is 19.3. The van der Waals surface area contributed by atoms with Crippen molar-refractivity contribution in [2.45, 2.75) is 36.7 Å². The molecule has 0 aromatic heterocycles. The second-order valence-electron chi connectivity index (χ2n) is 7.32. The van der Waals surface area contributed by atoms with Crippen LogP contribution in [0.1, 0.15) is 36.0 Å². The van der Waals surface area contributed by atoms with E-state index < -0.39 is 10.0 Å². The summed E-state index contributed by atoms with van der Waals surface area (Å²) in [6.45, 7) is 2.53. The van der Waals surface area contributed by atoms with Crippen LogP contribution in [0.5, 0.6) is 0 Å². The van der Waals surface area contributed by atoms with Gasteiger partial charge in [0.25, 0.3) is 5.91 Å². The van der Waals surface area contributed by atoms with Crippen molar-refractivity contribution in [3.8, 4) is 0 Å².